The molecule has 4 aliphatic carbocycles. The van der Waals surface area contributed by atoms with Crippen molar-refractivity contribution in [2.45, 2.75) is 64.3 Å². The number of nitrogens with zero attached hydrogens (tertiary/aromatic N) is 1. The number of carbonyl (C=O) groups is 2. The lowest BCUT2D eigenvalue weighted by molar-refractivity contribution is -0.122. The maximum absolute atomic E-state index is 12.4. The Bertz CT molecular complexity index is 522. The van der Waals surface area contributed by atoms with E-state index in [1.54, 1.807) is 4.90 Å². The topological polar surface area (TPSA) is 70.7 Å². The van der Waals surface area contributed by atoms with Gasteiger partial charge >= 0.3 is 6.09 Å². The number of piperidine rings is 1. The monoisotopic (exact) mass is 377 g/mol. The fourth-order valence-electron chi connectivity index (χ4n) is 6.57. The maximum Gasteiger partial charge on any atom is 0.409 e. The molecular formula is C21H35N3O3. The fourth-order valence-corrected chi connectivity index (χ4v) is 6.57. The summed E-state index contributed by atoms with van der Waals surface area (Å²) in [4.78, 5) is 25.9. The summed E-state index contributed by atoms with van der Waals surface area (Å²) in [7, 11) is 0. The van der Waals surface area contributed by atoms with Gasteiger partial charge in [-0.15, -0.1) is 0 Å². The minimum Gasteiger partial charge on any atom is -0.450 e. The third-order valence-electron chi connectivity index (χ3n) is 7.40. The molecule has 5 rings (SSSR count). The molecule has 4 bridgehead atoms. The molecule has 27 heavy (non-hydrogen) atoms. The van der Waals surface area contributed by atoms with E-state index in [0.29, 0.717) is 37.7 Å². The van der Waals surface area contributed by atoms with Crippen LogP contribution in [0.2, 0.25) is 0 Å². The van der Waals surface area contributed by atoms with Gasteiger partial charge in [0, 0.05) is 25.7 Å². The largest absolute Gasteiger partial charge is 0.450 e. The van der Waals surface area contributed by atoms with E-state index in [-0.39, 0.29) is 12.0 Å². The Morgan fingerprint density at radius 3 is 2.19 bits per heavy atom. The standard InChI is InChI=1S/C21H35N3O3/c1-2-27-20(26)24-5-3-18(4-6-24)22-13-19(25)23-14-21-10-15-7-16(11-21)9-17(8-15)12-21/h15-18,22H,2-14H2,1H3,(H,23,25). The molecule has 1 heterocycles. The van der Waals surface area contributed by atoms with Gasteiger partial charge in [0.15, 0.2) is 0 Å². The van der Waals surface area contributed by atoms with Crippen molar-refractivity contribution in [1.29, 1.82) is 0 Å². The quantitative estimate of drug-likeness (QED) is 0.746. The molecule has 1 saturated heterocycles. The highest BCUT2D eigenvalue weighted by molar-refractivity contribution is 5.78. The number of carbonyl (C=O) groups excluding carboxylic acids is 2. The van der Waals surface area contributed by atoms with Crippen molar-refractivity contribution in [2.75, 3.05) is 32.8 Å². The molecule has 6 nitrogen and oxygen atoms in total. The Kier molecular flexibility index (Phi) is 5.62. The molecular weight excluding hydrogens is 342 g/mol. The zero-order chi connectivity index (χ0) is 18.9. The number of ether oxygens (including phenoxy) is 1. The van der Waals surface area contributed by atoms with Crippen molar-refractivity contribution in [1.82, 2.24) is 15.5 Å². The van der Waals surface area contributed by atoms with E-state index in [1.165, 1.54) is 38.5 Å². The second-order valence-electron chi connectivity index (χ2n) is 9.54. The highest BCUT2D eigenvalue weighted by Gasteiger charge is 2.50. The summed E-state index contributed by atoms with van der Waals surface area (Å²) in [6.07, 6.45) is 9.86. The molecule has 152 valence electrons. The molecule has 0 atom stereocenters. The number of likely N-dealkylation sites (tertiary alicyclic amines) is 1. The normalized spacial score (nSPS) is 35.3. The van der Waals surface area contributed by atoms with E-state index >= 15 is 0 Å². The second-order valence-corrected chi connectivity index (χ2v) is 9.54. The van der Waals surface area contributed by atoms with Crippen molar-refractivity contribution in [3.8, 4) is 0 Å². The van der Waals surface area contributed by atoms with E-state index in [4.69, 9.17) is 4.74 Å². The van der Waals surface area contributed by atoms with Crippen LogP contribution in [0.4, 0.5) is 4.79 Å². The number of amides is 2. The van der Waals surface area contributed by atoms with Gasteiger partial charge in [-0.1, -0.05) is 0 Å². The molecule has 1 aliphatic heterocycles. The van der Waals surface area contributed by atoms with E-state index in [9.17, 15) is 9.59 Å². The Morgan fingerprint density at radius 1 is 1.04 bits per heavy atom. The Balaban J connectivity index is 1.15. The van der Waals surface area contributed by atoms with Gasteiger partial charge in [-0.25, -0.2) is 4.79 Å². The minimum atomic E-state index is -0.218. The molecule has 0 aromatic heterocycles. The molecule has 0 aromatic carbocycles. The summed E-state index contributed by atoms with van der Waals surface area (Å²) in [5.41, 5.74) is 0.398. The van der Waals surface area contributed by atoms with E-state index < -0.39 is 0 Å². The smallest absolute Gasteiger partial charge is 0.409 e. The summed E-state index contributed by atoms with van der Waals surface area (Å²) in [5.74, 6) is 2.90. The zero-order valence-corrected chi connectivity index (χ0v) is 16.7. The number of hydrogen-bond acceptors (Lipinski definition) is 4. The van der Waals surface area contributed by atoms with Gasteiger partial charge in [0.25, 0.3) is 0 Å². The number of hydrogen-bond donors (Lipinski definition) is 2. The fraction of sp³-hybridized carbons (Fsp3) is 0.905. The molecule has 5 aliphatic rings. The van der Waals surface area contributed by atoms with E-state index in [2.05, 4.69) is 10.6 Å². The third kappa shape index (κ3) is 4.41. The van der Waals surface area contributed by atoms with Gasteiger partial charge < -0.3 is 20.3 Å². The first-order chi connectivity index (χ1) is 13.0. The van der Waals surface area contributed by atoms with Crippen molar-refractivity contribution in [2.24, 2.45) is 23.2 Å². The van der Waals surface area contributed by atoms with Gasteiger partial charge in [0.2, 0.25) is 5.91 Å². The summed E-state index contributed by atoms with van der Waals surface area (Å²) in [6, 6.07) is 0.306. The lowest BCUT2D eigenvalue weighted by Gasteiger charge is -2.56. The predicted molar refractivity (Wildman–Crippen MR) is 103 cm³/mol. The van der Waals surface area contributed by atoms with Crippen LogP contribution in [0.5, 0.6) is 0 Å². The lowest BCUT2D eigenvalue weighted by Crippen LogP contribution is -2.52. The molecule has 0 radical (unpaired) electrons. The van der Waals surface area contributed by atoms with Crippen LogP contribution in [0.3, 0.4) is 0 Å². The van der Waals surface area contributed by atoms with E-state index in [0.717, 1.165) is 37.1 Å². The maximum atomic E-state index is 12.4. The van der Waals surface area contributed by atoms with Crippen LogP contribution in [0.25, 0.3) is 0 Å². The molecule has 0 unspecified atom stereocenters. The van der Waals surface area contributed by atoms with Crippen molar-refractivity contribution in [3.05, 3.63) is 0 Å². The third-order valence-corrected chi connectivity index (χ3v) is 7.40. The molecule has 2 amide bonds. The molecule has 0 spiro atoms. The molecule has 2 N–H and O–H groups in total. The van der Waals surface area contributed by atoms with Crippen molar-refractivity contribution >= 4 is 12.0 Å². The summed E-state index contributed by atoms with van der Waals surface area (Å²) in [5, 5.41) is 6.62. The first kappa shape index (κ1) is 19.0. The highest BCUT2D eigenvalue weighted by Crippen LogP contribution is 2.59. The summed E-state index contributed by atoms with van der Waals surface area (Å²) < 4.78 is 5.05. The van der Waals surface area contributed by atoms with Crippen LogP contribution in [-0.4, -0.2) is 55.7 Å². The van der Waals surface area contributed by atoms with Crippen LogP contribution in [0.15, 0.2) is 0 Å². The summed E-state index contributed by atoms with van der Waals surface area (Å²) in [6.45, 7) is 4.90. The zero-order valence-electron chi connectivity index (χ0n) is 16.7. The van der Waals surface area contributed by atoms with Crippen LogP contribution in [0.1, 0.15) is 58.3 Å². The van der Waals surface area contributed by atoms with Crippen LogP contribution < -0.4 is 10.6 Å². The van der Waals surface area contributed by atoms with Crippen LogP contribution >= 0.6 is 0 Å². The average molecular weight is 378 g/mol. The van der Waals surface area contributed by atoms with Gasteiger partial charge in [0.1, 0.15) is 0 Å². The van der Waals surface area contributed by atoms with Gasteiger partial charge in [-0.3, -0.25) is 4.79 Å². The predicted octanol–water partition coefficient (Wildman–Crippen LogP) is 2.53. The highest BCUT2D eigenvalue weighted by atomic mass is 16.6. The molecule has 6 heteroatoms. The Labute approximate surface area is 162 Å². The molecule has 4 saturated carbocycles. The Hall–Kier alpha value is -1.30. The molecule has 5 fully saturated rings. The Morgan fingerprint density at radius 2 is 1.63 bits per heavy atom. The average Bonchev–Trinajstić information content (AvgIpc) is 2.64. The minimum absolute atomic E-state index is 0.124. The van der Waals surface area contributed by atoms with Gasteiger partial charge in [0.05, 0.1) is 13.2 Å². The SMILES string of the molecule is CCOC(=O)N1CCC(NCC(=O)NCC23CC4CC(CC(C4)C2)C3)CC1. The van der Waals surface area contributed by atoms with Gasteiger partial charge in [-0.2, -0.15) is 0 Å². The van der Waals surface area contributed by atoms with Crippen molar-refractivity contribution in [3.63, 3.8) is 0 Å². The van der Waals surface area contributed by atoms with E-state index in [1.807, 2.05) is 6.92 Å². The lowest BCUT2D eigenvalue weighted by atomic mass is 9.49. The van der Waals surface area contributed by atoms with Crippen molar-refractivity contribution < 1.29 is 14.3 Å². The first-order valence-corrected chi connectivity index (χ1v) is 11.0. The van der Waals surface area contributed by atoms with Crippen LogP contribution in [0, 0.1) is 23.2 Å². The molecule has 0 aromatic rings. The second kappa shape index (κ2) is 7.98. The number of nitrogens with one attached hydrogen (secondary N) is 2. The summed E-state index contributed by atoms with van der Waals surface area (Å²) >= 11 is 0. The first-order valence-electron chi connectivity index (χ1n) is 11.0. The van der Waals surface area contributed by atoms with Crippen LogP contribution in [-0.2, 0) is 9.53 Å². The number of rotatable bonds is 6. The van der Waals surface area contributed by atoms with Gasteiger partial charge in [-0.05, 0) is 81.5 Å².